The zero-order chi connectivity index (χ0) is 17.7. The number of primary amides is 1. The monoisotopic (exact) mass is 343 g/mol. The van der Waals surface area contributed by atoms with Gasteiger partial charge in [-0.15, -0.1) is 0 Å². The topological polar surface area (TPSA) is 63.4 Å². The van der Waals surface area contributed by atoms with Crippen LogP contribution in [0.1, 0.15) is 25.7 Å². The number of nitrogens with zero attached hydrogens (tertiary/aromatic N) is 1. The Bertz CT molecular complexity index is 677. The molecule has 1 aromatic carbocycles. The van der Waals surface area contributed by atoms with Crippen LogP contribution >= 0.6 is 0 Å². The van der Waals surface area contributed by atoms with Crippen LogP contribution in [0.3, 0.4) is 0 Å². The number of amides is 2. The van der Waals surface area contributed by atoms with Gasteiger partial charge in [-0.1, -0.05) is 0 Å². The van der Waals surface area contributed by atoms with E-state index in [9.17, 15) is 27.2 Å². The molecule has 129 valence electrons. The van der Waals surface area contributed by atoms with E-state index in [1.54, 1.807) is 0 Å². The minimum Gasteiger partial charge on any atom is -0.368 e. The molecule has 0 aromatic heterocycles. The van der Waals surface area contributed by atoms with Gasteiger partial charge in [0.15, 0.2) is 0 Å². The minimum absolute atomic E-state index is 0.0497. The van der Waals surface area contributed by atoms with Crippen LogP contribution in [0.4, 0.5) is 23.2 Å². The van der Waals surface area contributed by atoms with Crippen molar-refractivity contribution in [1.29, 1.82) is 0 Å². The summed E-state index contributed by atoms with van der Waals surface area (Å²) in [5.41, 5.74) is 4.00. The van der Waals surface area contributed by atoms with Crippen LogP contribution in [0, 0.1) is 23.5 Å². The fourth-order valence-electron chi connectivity index (χ4n) is 3.48. The summed E-state index contributed by atoms with van der Waals surface area (Å²) in [5, 5.41) is 0. The van der Waals surface area contributed by atoms with Crippen molar-refractivity contribution < 1.29 is 27.2 Å². The van der Waals surface area contributed by atoms with Gasteiger partial charge in [0.05, 0.1) is 11.1 Å². The molecular weight excluding hydrogens is 328 g/mol. The number of alkyl halides is 2. The molecule has 1 aliphatic carbocycles. The third-order valence-corrected chi connectivity index (χ3v) is 4.75. The van der Waals surface area contributed by atoms with Gasteiger partial charge in [0.25, 0.3) is 5.92 Å². The molecular formula is C16H15F4N2O2. The number of anilines is 1. The zero-order valence-corrected chi connectivity index (χ0v) is 12.6. The molecule has 1 aromatic rings. The summed E-state index contributed by atoms with van der Waals surface area (Å²) in [6.07, 6.45) is -0.131. The molecule has 1 radical (unpaired) electrons. The Hall–Kier alpha value is -2.12. The maximum Gasteiger partial charge on any atom is 0.251 e. The highest BCUT2D eigenvalue weighted by atomic mass is 19.3. The van der Waals surface area contributed by atoms with Gasteiger partial charge in [-0.25, -0.2) is 17.6 Å². The van der Waals surface area contributed by atoms with Crippen molar-refractivity contribution in [3.05, 3.63) is 36.3 Å². The smallest absolute Gasteiger partial charge is 0.251 e. The number of carbonyl (C=O) groups excluding carboxylic acids is 2. The fourth-order valence-corrected chi connectivity index (χ4v) is 3.48. The molecule has 0 bridgehead atoms. The first kappa shape index (κ1) is 16.7. The van der Waals surface area contributed by atoms with Gasteiger partial charge in [-0.05, 0) is 31.4 Å². The van der Waals surface area contributed by atoms with E-state index in [0.717, 1.165) is 23.5 Å². The van der Waals surface area contributed by atoms with Crippen LogP contribution in [-0.4, -0.2) is 23.8 Å². The molecule has 1 aliphatic heterocycles. The van der Waals surface area contributed by atoms with Gasteiger partial charge >= 0.3 is 0 Å². The quantitative estimate of drug-likeness (QED) is 0.839. The number of carbonyl (C=O) groups is 2. The van der Waals surface area contributed by atoms with Crippen molar-refractivity contribution in [2.75, 3.05) is 4.90 Å². The molecule has 24 heavy (non-hydrogen) atoms. The molecule has 2 aliphatic rings. The Morgan fingerprint density at radius 1 is 1.17 bits per heavy atom. The normalized spacial score (nSPS) is 25.2. The van der Waals surface area contributed by atoms with Gasteiger partial charge in [-0.2, -0.15) is 0 Å². The maximum atomic E-state index is 13.5. The lowest BCUT2D eigenvalue weighted by molar-refractivity contribution is -0.129. The lowest BCUT2D eigenvalue weighted by Gasteiger charge is -2.35. The second-order valence-electron chi connectivity index (χ2n) is 6.37. The van der Waals surface area contributed by atoms with E-state index >= 15 is 0 Å². The molecule has 1 saturated heterocycles. The zero-order valence-electron chi connectivity index (χ0n) is 12.6. The van der Waals surface area contributed by atoms with Crippen LogP contribution in [0.2, 0.25) is 0 Å². The predicted molar refractivity (Wildman–Crippen MR) is 77.0 cm³/mol. The van der Waals surface area contributed by atoms with E-state index in [0.29, 0.717) is 6.07 Å². The number of rotatable bonds is 2. The molecule has 2 atom stereocenters. The van der Waals surface area contributed by atoms with Crippen molar-refractivity contribution in [2.45, 2.75) is 37.6 Å². The molecule has 1 spiro atoms. The molecule has 3 rings (SSSR count). The summed E-state index contributed by atoms with van der Waals surface area (Å²) >= 11 is 0. The molecule has 2 amide bonds. The summed E-state index contributed by atoms with van der Waals surface area (Å²) in [6.45, 7) is 0. The summed E-state index contributed by atoms with van der Waals surface area (Å²) in [5.74, 6) is -6.25. The largest absolute Gasteiger partial charge is 0.368 e. The van der Waals surface area contributed by atoms with Gasteiger partial charge in [0.2, 0.25) is 11.8 Å². The third kappa shape index (κ3) is 2.74. The van der Waals surface area contributed by atoms with Crippen molar-refractivity contribution in [1.82, 2.24) is 0 Å². The Morgan fingerprint density at radius 2 is 1.79 bits per heavy atom. The third-order valence-electron chi connectivity index (χ3n) is 4.75. The molecule has 8 heteroatoms. The Kier molecular flexibility index (Phi) is 3.80. The van der Waals surface area contributed by atoms with Gasteiger partial charge in [0, 0.05) is 18.9 Å². The molecule has 1 heterocycles. The Balaban J connectivity index is 1.99. The highest BCUT2D eigenvalue weighted by Gasteiger charge is 2.57. The summed E-state index contributed by atoms with van der Waals surface area (Å²) in [6, 6.07) is 1.33. The van der Waals surface area contributed by atoms with Crippen molar-refractivity contribution in [3.8, 4) is 0 Å². The molecule has 4 nitrogen and oxygen atoms in total. The first-order valence-electron chi connectivity index (χ1n) is 7.45. The van der Waals surface area contributed by atoms with E-state index < -0.39 is 47.2 Å². The number of hydrogen-bond acceptors (Lipinski definition) is 2. The highest BCUT2D eigenvalue weighted by Crippen LogP contribution is 2.51. The molecule has 2 fully saturated rings. The van der Waals surface area contributed by atoms with Crippen LogP contribution in [0.5, 0.6) is 0 Å². The second-order valence-corrected chi connectivity index (χ2v) is 6.37. The summed E-state index contributed by atoms with van der Waals surface area (Å²) in [7, 11) is 0. The van der Waals surface area contributed by atoms with Crippen LogP contribution in [0.15, 0.2) is 18.2 Å². The SMILES string of the molecule is NC(=O)C1CC2(C[CH]C(F)(F)CC2)C(=O)N1c1cc(F)cc(F)c1. The van der Waals surface area contributed by atoms with Crippen molar-refractivity contribution >= 4 is 17.5 Å². The molecule has 2 unspecified atom stereocenters. The first-order chi connectivity index (χ1) is 11.1. The predicted octanol–water partition coefficient (Wildman–Crippen LogP) is 2.57. The minimum atomic E-state index is -2.97. The maximum absolute atomic E-state index is 13.5. The van der Waals surface area contributed by atoms with Gasteiger partial charge in [0.1, 0.15) is 17.7 Å². The Labute approximate surface area is 135 Å². The van der Waals surface area contributed by atoms with E-state index in [1.807, 2.05) is 0 Å². The number of benzene rings is 1. The highest BCUT2D eigenvalue weighted by molar-refractivity contribution is 6.06. The van der Waals surface area contributed by atoms with E-state index in [2.05, 4.69) is 0 Å². The van der Waals surface area contributed by atoms with Crippen LogP contribution in [0.25, 0.3) is 0 Å². The lowest BCUT2D eigenvalue weighted by atomic mass is 9.71. The van der Waals surface area contributed by atoms with Gasteiger partial charge in [-0.3, -0.25) is 14.5 Å². The van der Waals surface area contributed by atoms with Crippen LogP contribution in [-0.2, 0) is 9.59 Å². The fraction of sp³-hybridized carbons (Fsp3) is 0.438. The number of nitrogens with two attached hydrogens (primary N) is 1. The van der Waals surface area contributed by atoms with E-state index in [1.165, 1.54) is 0 Å². The van der Waals surface area contributed by atoms with E-state index in [4.69, 9.17) is 5.73 Å². The van der Waals surface area contributed by atoms with Crippen molar-refractivity contribution in [2.24, 2.45) is 11.1 Å². The number of hydrogen-bond donors (Lipinski definition) is 1. The average molecular weight is 343 g/mol. The van der Waals surface area contributed by atoms with E-state index in [-0.39, 0.29) is 24.9 Å². The van der Waals surface area contributed by atoms with Crippen molar-refractivity contribution in [3.63, 3.8) is 0 Å². The molecule has 2 N–H and O–H groups in total. The second kappa shape index (κ2) is 5.46. The standard InChI is InChI=1S/C16H15F4N2O2/c17-9-5-10(18)7-11(6-9)22-12(13(21)23)8-15(14(22)24)1-3-16(19,20)4-2-15/h3,5-7,12H,1-2,4,8H2,(H2,21,23). The molecule has 1 saturated carbocycles. The first-order valence-corrected chi connectivity index (χ1v) is 7.45. The van der Waals surface area contributed by atoms with Crippen LogP contribution < -0.4 is 10.6 Å². The lowest BCUT2D eigenvalue weighted by Crippen LogP contribution is -2.44. The number of halogens is 4. The van der Waals surface area contributed by atoms with Gasteiger partial charge < -0.3 is 5.73 Å². The average Bonchev–Trinajstić information content (AvgIpc) is 2.75. The summed E-state index contributed by atoms with van der Waals surface area (Å²) in [4.78, 5) is 25.5. The Morgan fingerprint density at radius 3 is 2.29 bits per heavy atom. The summed E-state index contributed by atoms with van der Waals surface area (Å²) < 4.78 is 53.7.